The lowest BCUT2D eigenvalue weighted by atomic mass is 10.1. The van der Waals surface area contributed by atoms with E-state index >= 15 is 0 Å². The molecule has 1 aromatic carbocycles. The number of carbonyl (C=O) groups is 2. The van der Waals surface area contributed by atoms with Gasteiger partial charge in [0.15, 0.2) is 5.82 Å². The Morgan fingerprint density at radius 2 is 2.08 bits per heavy atom. The average molecular weight is 354 g/mol. The van der Waals surface area contributed by atoms with Gasteiger partial charge >= 0.3 is 0 Å². The quantitative estimate of drug-likeness (QED) is 0.902. The number of nitrogens with zero attached hydrogens (tertiary/aromatic N) is 5. The second-order valence-electron chi connectivity index (χ2n) is 7.06. The monoisotopic (exact) mass is 354 g/mol. The zero-order valence-electron chi connectivity index (χ0n) is 14.8. The van der Waals surface area contributed by atoms with Crippen LogP contribution in [0.25, 0.3) is 5.69 Å². The van der Waals surface area contributed by atoms with Crippen molar-refractivity contribution >= 4 is 17.5 Å². The number of carbonyl (C=O) groups excluding carboxylic acids is 2. The molecule has 1 saturated carbocycles. The van der Waals surface area contributed by atoms with Crippen LogP contribution < -0.4 is 5.32 Å². The molecule has 2 fully saturated rings. The smallest absolute Gasteiger partial charge is 0.229 e. The third kappa shape index (κ3) is 3.18. The van der Waals surface area contributed by atoms with Gasteiger partial charge in [0, 0.05) is 24.7 Å². The largest absolute Gasteiger partial charge is 0.339 e. The van der Waals surface area contributed by atoms with E-state index in [1.165, 1.54) is 12.8 Å². The predicted molar refractivity (Wildman–Crippen MR) is 94.6 cm³/mol. The normalized spacial score (nSPS) is 20.7. The fourth-order valence-corrected chi connectivity index (χ4v) is 3.91. The number of hydrogen-bond acceptors (Lipinski definition) is 5. The number of nitrogens with one attached hydrogen (secondary N) is 1. The van der Waals surface area contributed by atoms with Crippen LogP contribution in [0.2, 0.25) is 0 Å². The Kier molecular flexibility index (Phi) is 4.40. The van der Waals surface area contributed by atoms with Crippen LogP contribution in [-0.4, -0.2) is 49.5 Å². The number of hydrogen-bond donors (Lipinski definition) is 1. The van der Waals surface area contributed by atoms with E-state index < -0.39 is 0 Å². The van der Waals surface area contributed by atoms with E-state index in [0.717, 1.165) is 18.5 Å². The molecule has 1 aliphatic heterocycles. The molecule has 0 spiro atoms. The molecule has 1 unspecified atom stereocenters. The Bertz CT molecular complexity index is 827. The third-order valence-corrected chi connectivity index (χ3v) is 5.28. The summed E-state index contributed by atoms with van der Waals surface area (Å²) in [6.45, 7) is 2.34. The number of rotatable bonds is 4. The highest BCUT2D eigenvalue weighted by Gasteiger charge is 2.38. The highest BCUT2D eigenvalue weighted by molar-refractivity contribution is 5.97. The second-order valence-corrected chi connectivity index (χ2v) is 7.06. The van der Waals surface area contributed by atoms with E-state index in [2.05, 4.69) is 20.8 Å². The van der Waals surface area contributed by atoms with Crippen molar-refractivity contribution in [3.63, 3.8) is 0 Å². The number of aromatic nitrogens is 4. The number of benzene rings is 1. The first-order valence-electron chi connectivity index (χ1n) is 9.07. The number of aryl methyl sites for hydroxylation is 1. The zero-order chi connectivity index (χ0) is 18.1. The maximum Gasteiger partial charge on any atom is 0.229 e. The molecule has 8 nitrogen and oxygen atoms in total. The van der Waals surface area contributed by atoms with E-state index in [-0.39, 0.29) is 17.7 Å². The molecule has 1 N–H and O–H groups in total. The van der Waals surface area contributed by atoms with Crippen LogP contribution in [0.1, 0.15) is 37.9 Å². The highest BCUT2D eigenvalue weighted by Crippen LogP contribution is 2.30. The third-order valence-electron chi connectivity index (χ3n) is 5.28. The summed E-state index contributed by atoms with van der Waals surface area (Å²) in [7, 11) is 0. The van der Waals surface area contributed by atoms with E-state index in [4.69, 9.17) is 0 Å². The summed E-state index contributed by atoms with van der Waals surface area (Å²) in [4.78, 5) is 26.9. The van der Waals surface area contributed by atoms with E-state index in [9.17, 15) is 9.59 Å². The van der Waals surface area contributed by atoms with Crippen molar-refractivity contribution in [2.75, 3.05) is 11.9 Å². The van der Waals surface area contributed by atoms with Gasteiger partial charge < -0.3 is 10.2 Å². The van der Waals surface area contributed by atoms with Crippen LogP contribution in [-0.2, 0) is 9.59 Å². The van der Waals surface area contributed by atoms with Gasteiger partial charge in [0.05, 0.1) is 11.6 Å². The van der Waals surface area contributed by atoms with Crippen molar-refractivity contribution in [3.8, 4) is 5.69 Å². The van der Waals surface area contributed by atoms with Gasteiger partial charge in [0.25, 0.3) is 0 Å². The maximum atomic E-state index is 12.6. The van der Waals surface area contributed by atoms with Gasteiger partial charge in [0.2, 0.25) is 11.8 Å². The zero-order valence-corrected chi connectivity index (χ0v) is 14.8. The van der Waals surface area contributed by atoms with Gasteiger partial charge in [0.1, 0.15) is 0 Å². The minimum Gasteiger partial charge on any atom is -0.339 e. The molecule has 2 amide bonds. The molecule has 26 heavy (non-hydrogen) atoms. The van der Waals surface area contributed by atoms with Crippen molar-refractivity contribution in [2.45, 2.75) is 45.1 Å². The SMILES string of the molecule is Cc1nnnn1-c1cccc(NC(=O)C2CC(=O)N(C3CCCC3)C2)c1. The van der Waals surface area contributed by atoms with Crippen LogP contribution in [0.15, 0.2) is 24.3 Å². The minimum absolute atomic E-state index is 0.107. The first-order chi connectivity index (χ1) is 12.6. The van der Waals surface area contributed by atoms with E-state index in [0.29, 0.717) is 30.5 Å². The lowest BCUT2D eigenvalue weighted by Gasteiger charge is -2.23. The maximum absolute atomic E-state index is 12.6. The first-order valence-corrected chi connectivity index (χ1v) is 9.07. The molecule has 136 valence electrons. The topological polar surface area (TPSA) is 93.0 Å². The van der Waals surface area contributed by atoms with Crippen LogP contribution in [0, 0.1) is 12.8 Å². The Morgan fingerprint density at radius 3 is 2.81 bits per heavy atom. The molecule has 2 aliphatic rings. The Hall–Kier alpha value is -2.77. The molecule has 8 heteroatoms. The summed E-state index contributed by atoms with van der Waals surface area (Å²) in [6.07, 6.45) is 4.78. The Morgan fingerprint density at radius 1 is 1.27 bits per heavy atom. The van der Waals surface area contributed by atoms with Crippen molar-refractivity contribution < 1.29 is 9.59 Å². The molecule has 0 radical (unpaired) electrons. The van der Waals surface area contributed by atoms with Gasteiger partial charge in [-0.15, -0.1) is 5.10 Å². The fraction of sp³-hybridized carbons (Fsp3) is 0.500. The number of amides is 2. The highest BCUT2D eigenvalue weighted by atomic mass is 16.2. The van der Waals surface area contributed by atoms with Crippen LogP contribution >= 0.6 is 0 Å². The molecular formula is C18H22N6O2. The van der Waals surface area contributed by atoms with Crippen LogP contribution in [0.4, 0.5) is 5.69 Å². The molecule has 1 aliphatic carbocycles. The molecule has 1 aromatic heterocycles. The summed E-state index contributed by atoms with van der Waals surface area (Å²) in [6, 6.07) is 7.70. The van der Waals surface area contributed by atoms with Crippen molar-refractivity contribution in [1.82, 2.24) is 25.1 Å². The lowest BCUT2D eigenvalue weighted by molar-refractivity contribution is -0.129. The van der Waals surface area contributed by atoms with Gasteiger partial charge in [-0.1, -0.05) is 18.9 Å². The van der Waals surface area contributed by atoms with Gasteiger partial charge in [-0.3, -0.25) is 9.59 Å². The molecule has 2 heterocycles. The van der Waals surface area contributed by atoms with Gasteiger partial charge in [-0.2, -0.15) is 4.68 Å². The van der Waals surface area contributed by atoms with Gasteiger partial charge in [-0.25, -0.2) is 0 Å². The van der Waals surface area contributed by atoms with Gasteiger partial charge in [-0.05, 0) is 48.4 Å². The number of anilines is 1. The Balaban J connectivity index is 1.44. The minimum atomic E-state index is -0.290. The van der Waals surface area contributed by atoms with Crippen molar-refractivity contribution in [3.05, 3.63) is 30.1 Å². The first kappa shape index (κ1) is 16.7. The summed E-state index contributed by atoms with van der Waals surface area (Å²) in [5.41, 5.74) is 1.45. The predicted octanol–water partition coefficient (Wildman–Crippen LogP) is 1.70. The second kappa shape index (κ2) is 6.86. The van der Waals surface area contributed by atoms with E-state index in [1.807, 2.05) is 36.1 Å². The molecular weight excluding hydrogens is 332 g/mol. The Labute approximate surface area is 151 Å². The standard InChI is InChI=1S/C18H22N6O2/c1-12-20-21-22-24(12)16-8-4-5-14(10-16)19-18(26)13-9-17(25)23(11-13)15-6-2-3-7-15/h4-5,8,10,13,15H,2-3,6-7,9,11H2,1H3,(H,19,26). The summed E-state index contributed by atoms with van der Waals surface area (Å²) >= 11 is 0. The lowest BCUT2D eigenvalue weighted by Crippen LogP contribution is -2.35. The molecule has 1 saturated heterocycles. The van der Waals surface area contributed by atoms with E-state index in [1.54, 1.807) is 4.68 Å². The fourth-order valence-electron chi connectivity index (χ4n) is 3.91. The molecule has 0 bridgehead atoms. The van der Waals surface area contributed by atoms with Crippen LogP contribution in [0.3, 0.4) is 0 Å². The molecule has 4 rings (SSSR count). The van der Waals surface area contributed by atoms with Crippen molar-refractivity contribution in [2.24, 2.45) is 5.92 Å². The summed E-state index contributed by atoms with van der Waals surface area (Å²) in [5.74, 6) is 0.378. The number of likely N-dealkylation sites (tertiary alicyclic amines) is 1. The summed E-state index contributed by atoms with van der Waals surface area (Å²) in [5, 5.41) is 14.4. The summed E-state index contributed by atoms with van der Waals surface area (Å²) < 4.78 is 1.61. The van der Waals surface area contributed by atoms with Crippen molar-refractivity contribution in [1.29, 1.82) is 0 Å². The van der Waals surface area contributed by atoms with Crippen LogP contribution in [0.5, 0.6) is 0 Å². The number of tetrazole rings is 1. The molecule has 1 atom stereocenters. The molecule has 2 aromatic rings. The average Bonchev–Trinajstić information content (AvgIpc) is 3.35.